The summed E-state index contributed by atoms with van der Waals surface area (Å²) in [5, 5.41) is 4.22. The highest BCUT2D eigenvalue weighted by Gasteiger charge is 2.20. The Kier molecular flexibility index (Phi) is 5.13. The third kappa shape index (κ3) is 4.07. The van der Waals surface area contributed by atoms with E-state index >= 15 is 0 Å². The number of piperidine rings is 1. The van der Waals surface area contributed by atoms with Crippen molar-refractivity contribution in [1.82, 2.24) is 19.7 Å². The van der Waals surface area contributed by atoms with Crippen LogP contribution in [0.15, 0.2) is 12.7 Å². The van der Waals surface area contributed by atoms with E-state index in [4.69, 9.17) is 4.74 Å². The molecule has 5 nitrogen and oxygen atoms in total. The number of hydrogen-bond donors (Lipinski definition) is 0. The molecule has 0 aromatic carbocycles. The van der Waals surface area contributed by atoms with Crippen LogP contribution >= 0.6 is 0 Å². The third-order valence-electron chi connectivity index (χ3n) is 3.37. The fourth-order valence-electron chi connectivity index (χ4n) is 2.33. The zero-order valence-electron chi connectivity index (χ0n) is 11.5. The van der Waals surface area contributed by atoms with Crippen molar-refractivity contribution >= 4 is 0 Å². The van der Waals surface area contributed by atoms with E-state index in [1.54, 1.807) is 6.33 Å². The van der Waals surface area contributed by atoms with Crippen molar-refractivity contribution < 1.29 is 4.74 Å². The minimum Gasteiger partial charge on any atom is -0.380 e. The second-order valence-corrected chi connectivity index (χ2v) is 5.42. The summed E-state index contributed by atoms with van der Waals surface area (Å²) in [6.45, 7) is 9.41. The van der Waals surface area contributed by atoms with Gasteiger partial charge in [-0.05, 0) is 18.8 Å². The molecule has 0 spiro atoms. The highest BCUT2D eigenvalue weighted by molar-refractivity contribution is 4.77. The molecule has 1 aromatic heterocycles. The van der Waals surface area contributed by atoms with Crippen LogP contribution in [-0.2, 0) is 4.74 Å². The molecule has 2 heterocycles. The van der Waals surface area contributed by atoms with Gasteiger partial charge in [-0.15, -0.1) is 0 Å². The first-order chi connectivity index (χ1) is 8.75. The van der Waals surface area contributed by atoms with Crippen LogP contribution in [0.25, 0.3) is 0 Å². The van der Waals surface area contributed by atoms with Crippen molar-refractivity contribution in [1.29, 1.82) is 0 Å². The Hall–Kier alpha value is -0.940. The SMILES string of the molecule is CC(C)COCCN1CCC(n2cncn2)CC1. The Bertz CT molecular complexity index is 318. The van der Waals surface area contributed by atoms with Gasteiger partial charge in [-0.2, -0.15) is 5.10 Å². The van der Waals surface area contributed by atoms with Gasteiger partial charge in [-0.3, -0.25) is 0 Å². The van der Waals surface area contributed by atoms with Gasteiger partial charge in [0.05, 0.1) is 12.6 Å². The highest BCUT2D eigenvalue weighted by Crippen LogP contribution is 2.20. The lowest BCUT2D eigenvalue weighted by molar-refractivity contribution is 0.0738. The molecule has 0 N–H and O–H groups in total. The average molecular weight is 252 g/mol. The van der Waals surface area contributed by atoms with Gasteiger partial charge in [0.2, 0.25) is 0 Å². The molecule has 102 valence electrons. The first-order valence-corrected chi connectivity index (χ1v) is 6.90. The number of rotatable bonds is 6. The molecule has 0 saturated carbocycles. The molecule has 0 radical (unpaired) electrons. The van der Waals surface area contributed by atoms with Crippen molar-refractivity contribution in [3.63, 3.8) is 0 Å². The lowest BCUT2D eigenvalue weighted by Gasteiger charge is -2.31. The molecule has 0 aliphatic carbocycles. The van der Waals surface area contributed by atoms with Gasteiger partial charge >= 0.3 is 0 Å². The van der Waals surface area contributed by atoms with Crippen LogP contribution in [0.1, 0.15) is 32.7 Å². The maximum absolute atomic E-state index is 5.63. The maximum Gasteiger partial charge on any atom is 0.137 e. The molecule has 1 aliphatic rings. The van der Waals surface area contributed by atoms with E-state index in [1.807, 2.05) is 11.0 Å². The van der Waals surface area contributed by atoms with Crippen molar-refractivity contribution in [2.45, 2.75) is 32.7 Å². The molecule has 0 unspecified atom stereocenters. The number of likely N-dealkylation sites (tertiary alicyclic amines) is 1. The van der Waals surface area contributed by atoms with Crippen LogP contribution in [0.4, 0.5) is 0 Å². The van der Waals surface area contributed by atoms with Crippen LogP contribution in [0.2, 0.25) is 0 Å². The molecule has 1 saturated heterocycles. The van der Waals surface area contributed by atoms with Gasteiger partial charge in [-0.1, -0.05) is 13.8 Å². The molecule has 0 bridgehead atoms. The molecule has 1 aliphatic heterocycles. The van der Waals surface area contributed by atoms with Crippen LogP contribution in [0, 0.1) is 5.92 Å². The fraction of sp³-hybridized carbons (Fsp3) is 0.846. The molecular formula is C13H24N4O. The summed E-state index contributed by atoms with van der Waals surface area (Å²) in [5.74, 6) is 0.628. The Morgan fingerprint density at radius 1 is 1.33 bits per heavy atom. The quantitative estimate of drug-likeness (QED) is 0.721. The van der Waals surface area contributed by atoms with Gasteiger partial charge in [0.25, 0.3) is 0 Å². The minimum atomic E-state index is 0.528. The number of aromatic nitrogens is 3. The molecular weight excluding hydrogens is 228 g/mol. The van der Waals surface area contributed by atoms with Crippen molar-refractivity contribution in [3.05, 3.63) is 12.7 Å². The smallest absolute Gasteiger partial charge is 0.137 e. The molecule has 1 fully saturated rings. The van der Waals surface area contributed by atoms with E-state index in [0.717, 1.165) is 45.7 Å². The Balaban J connectivity index is 1.62. The van der Waals surface area contributed by atoms with Crippen LogP contribution < -0.4 is 0 Å². The average Bonchev–Trinajstić information content (AvgIpc) is 2.89. The lowest BCUT2D eigenvalue weighted by atomic mass is 10.1. The van der Waals surface area contributed by atoms with Gasteiger partial charge in [0.1, 0.15) is 12.7 Å². The largest absolute Gasteiger partial charge is 0.380 e. The zero-order chi connectivity index (χ0) is 12.8. The maximum atomic E-state index is 5.63. The van der Waals surface area contributed by atoms with Crippen molar-refractivity contribution in [3.8, 4) is 0 Å². The van der Waals surface area contributed by atoms with Gasteiger partial charge in [0.15, 0.2) is 0 Å². The Morgan fingerprint density at radius 2 is 2.11 bits per heavy atom. The molecule has 2 rings (SSSR count). The minimum absolute atomic E-state index is 0.528. The summed E-state index contributed by atoms with van der Waals surface area (Å²) in [4.78, 5) is 6.49. The van der Waals surface area contributed by atoms with E-state index in [9.17, 15) is 0 Å². The summed E-state index contributed by atoms with van der Waals surface area (Å²) in [6, 6.07) is 0.528. The monoisotopic (exact) mass is 252 g/mol. The fourth-order valence-corrected chi connectivity index (χ4v) is 2.33. The molecule has 1 aromatic rings. The number of hydrogen-bond acceptors (Lipinski definition) is 4. The first-order valence-electron chi connectivity index (χ1n) is 6.90. The topological polar surface area (TPSA) is 43.2 Å². The van der Waals surface area contributed by atoms with Crippen molar-refractivity contribution in [2.24, 2.45) is 5.92 Å². The van der Waals surface area contributed by atoms with E-state index in [0.29, 0.717) is 12.0 Å². The van der Waals surface area contributed by atoms with Crippen LogP contribution in [-0.4, -0.2) is 52.5 Å². The summed E-state index contributed by atoms with van der Waals surface area (Å²) in [7, 11) is 0. The predicted molar refractivity (Wildman–Crippen MR) is 70.4 cm³/mol. The number of nitrogens with zero attached hydrogens (tertiary/aromatic N) is 4. The lowest BCUT2D eigenvalue weighted by Crippen LogP contribution is -2.37. The van der Waals surface area contributed by atoms with Crippen molar-refractivity contribution in [2.75, 3.05) is 32.8 Å². The van der Waals surface area contributed by atoms with Gasteiger partial charge in [-0.25, -0.2) is 9.67 Å². The van der Waals surface area contributed by atoms with Gasteiger partial charge < -0.3 is 9.64 Å². The summed E-state index contributed by atoms with van der Waals surface area (Å²) in [5.41, 5.74) is 0. The molecule has 5 heteroatoms. The predicted octanol–water partition coefficient (Wildman–Crippen LogP) is 1.59. The molecule has 0 atom stereocenters. The van der Waals surface area contributed by atoms with Crippen LogP contribution in [0.3, 0.4) is 0 Å². The first kappa shape index (κ1) is 13.5. The highest BCUT2D eigenvalue weighted by atomic mass is 16.5. The normalized spacial score (nSPS) is 18.6. The summed E-state index contributed by atoms with van der Waals surface area (Å²) in [6.07, 6.45) is 5.76. The second kappa shape index (κ2) is 6.85. The number of ether oxygens (including phenoxy) is 1. The third-order valence-corrected chi connectivity index (χ3v) is 3.37. The Labute approximate surface area is 109 Å². The van der Waals surface area contributed by atoms with Crippen LogP contribution in [0.5, 0.6) is 0 Å². The summed E-state index contributed by atoms with van der Waals surface area (Å²) >= 11 is 0. The standard InChI is InChI=1S/C13H24N4O/c1-12(2)9-18-8-7-16-5-3-13(4-6-16)17-11-14-10-15-17/h10-13H,3-9H2,1-2H3. The van der Waals surface area contributed by atoms with Gasteiger partial charge in [0, 0.05) is 26.2 Å². The molecule has 18 heavy (non-hydrogen) atoms. The Morgan fingerprint density at radius 3 is 2.72 bits per heavy atom. The van der Waals surface area contributed by atoms with E-state index in [1.165, 1.54) is 0 Å². The molecule has 0 amide bonds. The summed E-state index contributed by atoms with van der Waals surface area (Å²) < 4.78 is 7.62. The second-order valence-electron chi connectivity index (χ2n) is 5.42. The van der Waals surface area contributed by atoms with E-state index in [-0.39, 0.29) is 0 Å². The van der Waals surface area contributed by atoms with E-state index in [2.05, 4.69) is 28.8 Å². The zero-order valence-corrected chi connectivity index (χ0v) is 11.5. The van der Waals surface area contributed by atoms with E-state index < -0.39 is 0 Å².